The molecule has 5 rings (SSSR count). The number of halogens is 1. The lowest BCUT2D eigenvalue weighted by Crippen LogP contribution is -2.48. The zero-order chi connectivity index (χ0) is 30.7. The zero-order valence-corrected chi connectivity index (χ0v) is 25.4. The molecule has 224 valence electrons. The number of ether oxygens (including phenoxy) is 2. The predicted molar refractivity (Wildman–Crippen MR) is 164 cm³/mol. The number of aromatic nitrogens is 2. The third-order valence-electron chi connectivity index (χ3n) is 7.51. The number of thiophene rings is 1. The molecule has 0 aliphatic carbocycles. The van der Waals surface area contributed by atoms with Crippen LogP contribution in [0.2, 0.25) is 4.34 Å². The number of rotatable bonds is 10. The largest absolute Gasteiger partial charge is 0.493 e. The van der Waals surface area contributed by atoms with Crippen molar-refractivity contribution in [1.29, 1.82) is 0 Å². The fraction of sp³-hybridized carbons (Fsp3) is 0.290. The number of nitrogens with zero attached hydrogens (tertiary/aromatic N) is 3. The van der Waals surface area contributed by atoms with Crippen LogP contribution in [0.1, 0.15) is 37.7 Å². The van der Waals surface area contributed by atoms with E-state index < -0.39 is 36.2 Å². The van der Waals surface area contributed by atoms with Crippen LogP contribution in [0.3, 0.4) is 0 Å². The van der Waals surface area contributed by atoms with Crippen LogP contribution in [0.4, 0.5) is 5.95 Å². The summed E-state index contributed by atoms with van der Waals surface area (Å²) in [6.45, 7) is 1.86. The molecule has 4 aromatic rings. The summed E-state index contributed by atoms with van der Waals surface area (Å²) in [5.41, 5.74) is 1.89. The van der Waals surface area contributed by atoms with Gasteiger partial charge >= 0.3 is 5.97 Å². The van der Waals surface area contributed by atoms with Gasteiger partial charge in [0.15, 0.2) is 11.5 Å². The highest BCUT2D eigenvalue weighted by atomic mass is 35.5. The summed E-state index contributed by atoms with van der Waals surface area (Å²) in [5.74, 6) is -1.88. The fourth-order valence-corrected chi connectivity index (χ4v) is 6.40. The molecular formula is C31H31ClN4O6S. The second-order valence-electron chi connectivity index (χ2n) is 10.2. The van der Waals surface area contributed by atoms with Gasteiger partial charge in [0.2, 0.25) is 17.8 Å². The second-order valence-corrected chi connectivity index (χ2v) is 11.9. The molecule has 43 heavy (non-hydrogen) atoms. The molecule has 1 aliphatic rings. The van der Waals surface area contributed by atoms with E-state index in [1.165, 1.54) is 30.5 Å². The first kappa shape index (κ1) is 30.1. The number of hydrogen-bond acceptors (Lipinski definition) is 7. The molecule has 0 radical (unpaired) electrons. The summed E-state index contributed by atoms with van der Waals surface area (Å²) in [6.07, 6.45) is 2.38. The monoisotopic (exact) mass is 622 g/mol. The van der Waals surface area contributed by atoms with Crippen molar-refractivity contribution >= 4 is 46.7 Å². The Bertz CT molecular complexity index is 1640. The molecule has 2 N–H and O–H groups in total. The lowest BCUT2D eigenvalue weighted by Gasteiger charge is -2.31. The Kier molecular flexibility index (Phi) is 9.02. The van der Waals surface area contributed by atoms with Crippen molar-refractivity contribution < 1.29 is 29.0 Å². The van der Waals surface area contributed by atoms with Gasteiger partial charge in [-0.15, -0.1) is 11.3 Å². The minimum absolute atomic E-state index is 0.280. The topological polar surface area (TPSA) is 123 Å². The lowest BCUT2D eigenvalue weighted by molar-refractivity contribution is -0.144. The SMILES string of the molecule is COc1ccc(C(CC(=O)O)C(=O)N2[C@@H](C(=O)Nc3nc(-c4ccc(Cl)s4)cn3-c3ccccc3)CC[C@@H]2C)cc1OC. The van der Waals surface area contributed by atoms with Gasteiger partial charge in [0.25, 0.3) is 0 Å². The quantitative estimate of drug-likeness (QED) is 0.227. The Balaban J connectivity index is 1.45. The highest BCUT2D eigenvalue weighted by molar-refractivity contribution is 7.19. The van der Waals surface area contributed by atoms with Crippen molar-refractivity contribution in [3.8, 4) is 27.8 Å². The van der Waals surface area contributed by atoms with E-state index in [2.05, 4.69) is 5.32 Å². The van der Waals surface area contributed by atoms with Crippen LogP contribution < -0.4 is 14.8 Å². The maximum Gasteiger partial charge on any atom is 0.304 e. The third-order valence-corrected chi connectivity index (χ3v) is 8.77. The summed E-state index contributed by atoms with van der Waals surface area (Å²) in [6, 6.07) is 16.9. The van der Waals surface area contributed by atoms with E-state index in [0.717, 1.165) is 10.6 Å². The lowest BCUT2D eigenvalue weighted by atomic mass is 9.93. The molecule has 2 aromatic carbocycles. The number of carbonyl (C=O) groups excluding carboxylic acids is 2. The van der Waals surface area contributed by atoms with Gasteiger partial charge in [-0.25, -0.2) is 4.98 Å². The van der Waals surface area contributed by atoms with E-state index in [0.29, 0.717) is 45.9 Å². The Morgan fingerprint density at radius 2 is 1.81 bits per heavy atom. The molecule has 1 saturated heterocycles. The predicted octanol–water partition coefficient (Wildman–Crippen LogP) is 5.85. The van der Waals surface area contributed by atoms with Gasteiger partial charge in [-0.2, -0.15) is 0 Å². The maximum absolute atomic E-state index is 14.1. The Morgan fingerprint density at radius 3 is 2.47 bits per heavy atom. The van der Waals surface area contributed by atoms with Crippen molar-refractivity contribution in [2.45, 2.75) is 44.2 Å². The molecule has 1 fully saturated rings. The van der Waals surface area contributed by atoms with Crippen molar-refractivity contribution in [1.82, 2.24) is 14.5 Å². The average molecular weight is 623 g/mol. The van der Waals surface area contributed by atoms with Gasteiger partial charge in [0.1, 0.15) is 11.7 Å². The number of carboxylic acids is 1. The summed E-state index contributed by atoms with van der Waals surface area (Å²) in [4.78, 5) is 46.9. The number of benzene rings is 2. The number of likely N-dealkylation sites (tertiary alicyclic amines) is 1. The number of nitrogens with one attached hydrogen (secondary N) is 1. The van der Waals surface area contributed by atoms with Crippen LogP contribution in [0, 0.1) is 0 Å². The Labute approximate surface area is 257 Å². The van der Waals surface area contributed by atoms with Crippen molar-refractivity contribution in [3.05, 3.63) is 76.8 Å². The standard InChI is InChI=1S/C31H31ClN4O6S/c1-18-9-11-23(36(18)30(40)21(16-28(37)38)19-10-12-24(41-2)25(15-19)42-3)29(39)34-31-33-22(26-13-14-27(32)43-26)17-35(31)20-7-5-4-6-8-20/h4-8,10,12-15,17-18,21,23H,9,11,16H2,1-3H3,(H,37,38)(H,33,34,39)/t18-,21?,23+/m0/s1. The molecule has 10 nitrogen and oxygen atoms in total. The molecule has 0 spiro atoms. The number of hydrogen-bond donors (Lipinski definition) is 2. The van der Waals surface area contributed by atoms with Crippen LogP contribution in [0.15, 0.2) is 66.9 Å². The summed E-state index contributed by atoms with van der Waals surface area (Å²) in [5, 5.41) is 12.7. The zero-order valence-electron chi connectivity index (χ0n) is 23.8. The average Bonchev–Trinajstić information content (AvgIpc) is 3.73. The number of carbonyl (C=O) groups is 3. The minimum Gasteiger partial charge on any atom is -0.493 e. The molecule has 2 amide bonds. The summed E-state index contributed by atoms with van der Waals surface area (Å²) in [7, 11) is 2.96. The van der Waals surface area contributed by atoms with Gasteiger partial charge in [-0.05, 0) is 61.7 Å². The molecular weight excluding hydrogens is 592 g/mol. The first-order valence-corrected chi connectivity index (χ1v) is 14.9. The molecule has 1 unspecified atom stereocenters. The summed E-state index contributed by atoms with van der Waals surface area (Å²) < 4.78 is 13.1. The number of anilines is 1. The minimum atomic E-state index is -1.13. The fourth-order valence-electron chi connectivity index (χ4n) is 5.40. The van der Waals surface area contributed by atoms with Gasteiger partial charge < -0.3 is 19.5 Å². The van der Waals surface area contributed by atoms with Crippen LogP contribution in [-0.2, 0) is 14.4 Å². The van der Waals surface area contributed by atoms with Gasteiger partial charge in [0, 0.05) is 17.9 Å². The molecule has 0 saturated carbocycles. The van der Waals surface area contributed by atoms with E-state index in [1.807, 2.05) is 49.5 Å². The molecule has 1 aliphatic heterocycles. The van der Waals surface area contributed by atoms with Crippen LogP contribution >= 0.6 is 22.9 Å². The smallest absolute Gasteiger partial charge is 0.304 e. The molecule has 3 atom stereocenters. The Hall–Kier alpha value is -4.35. The highest BCUT2D eigenvalue weighted by Gasteiger charge is 2.42. The first-order chi connectivity index (χ1) is 20.7. The van der Waals surface area contributed by atoms with Crippen molar-refractivity contribution in [2.75, 3.05) is 19.5 Å². The van der Waals surface area contributed by atoms with E-state index in [1.54, 1.807) is 28.8 Å². The molecule has 3 heterocycles. The summed E-state index contributed by atoms with van der Waals surface area (Å²) >= 11 is 7.54. The number of imidazole rings is 1. The normalized spacial score (nSPS) is 17.0. The maximum atomic E-state index is 14.1. The van der Waals surface area contributed by atoms with Gasteiger partial charge in [0.05, 0.1) is 35.8 Å². The van der Waals surface area contributed by atoms with Crippen LogP contribution in [-0.4, -0.2) is 63.6 Å². The van der Waals surface area contributed by atoms with E-state index in [9.17, 15) is 19.5 Å². The number of aliphatic carboxylic acids is 1. The molecule has 12 heteroatoms. The van der Waals surface area contributed by atoms with Gasteiger partial charge in [-0.3, -0.25) is 24.3 Å². The van der Waals surface area contributed by atoms with E-state index in [-0.39, 0.29) is 6.04 Å². The van der Waals surface area contributed by atoms with Crippen molar-refractivity contribution in [3.63, 3.8) is 0 Å². The molecule has 0 bridgehead atoms. The van der Waals surface area contributed by atoms with Crippen LogP contribution in [0.5, 0.6) is 11.5 Å². The van der Waals surface area contributed by atoms with Gasteiger partial charge in [-0.1, -0.05) is 35.9 Å². The van der Waals surface area contributed by atoms with E-state index in [4.69, 9.17) is 26.1 Å². The third kappa shape index (κ3) is 6.37. The highest BCUT2D eigenvalue weighted by Crippen LogP contribution is 2.36. The van der Waals surface area contributed by atoms with Crippen LogP contribution in [0.25, 0.3) is 16.3 Å². The number of amides is 2. The second kappa shape index (κ2) is 12.9. The number of methoxy groups -OCH3 is 2. The van der Waals surface area contributed by atoms with E-state index >= 15 is 0 Å². The van der Waals surface area contributed by atoms with Crippen molar-refractivity contribution in [2.24, 2.45) is 0 Å². The molecule has 2 aromatic heterocycles. The first-order valence-electron chi connectivity index (χ1n) is 13.7. The number of carboxylic acid groups (broad SMARTS) is 1. The Morgan fingerprint density at radius 1 is 1.07 bits per heavy atom. The number of para-hydroxylation sites is 1.